The molecule has 3 aliphatic rings. The van der Waals surface area contributed by atoms with Crippen LogP contribution < -0.4 is 27.0 Å². The zero-order valence-corrected chi connectivity index (χ0v) is 39.1. The molecule has 4 aromatic carbocycles. The fourth-order valence-electron chi connectivity index (χ4n) is 10.7. The number of fused-ring (bicyclic) bond motifs is 3. The summed E-state index contributed by atoms with van der Waals surface area (Å²) in [6, 6.07) is 20.8. The second-order valence-electron chi connectivity index (χ2n) is 18.4. The normalized spacial score (nSPS) is 22.5. The highest BCUT2D eigenvalue weighted by atomic mass is 31.2. The molecular weight excluding hydrogens is 899 g/mol. The van der Waals surface area contributed by atoms with Gasteiger partial charge < -0.3 is 36.6 Å². The van der Waals surface area contributed by atoms with Gasteiger partial charge in [0.15, 0.2) is 11.4 Å². The maximum absolute atomic E-state index is 14.3. The number of phenols is 1. The molecule has 68 heavy (non-hydrogen) atoms. The molecule has 3 aliphatic carbocycles. The van der Waals surface area contributed by atoms with E-state index in [-0.39, 0.29) is 35.1 Å². The van der Waals surface area contributed by atoms with E-state index in [2.05, 4.69) is 5.32 Å². The van der Waals surface area contributed by atoms with Crippen LogP contribution in [0, 0.1) is 29.3 Å². The molecule has 0 bridgehead atoms. The van der Waals surface area contributed by atoms with Crippen LogP contribution in [-0.2, 0) is 19.2 Å². The van der Waals surface area contributed by atoms with E-state index in [9.17, 15) is 57.9 Å². The Morgan fingerprint density at radius 1 is 0.735 bits per heavy atom. The van der Waals surface area contributed by atoms with Gasteiger partial charge in [0, 0.05) is 17.9 Å². The predicted octanol–water partition coefficient (Wildman–Crippen LogP) is 6.75. The SMILES string of the molecule is C[C@H]1c2ccc(NC(=O)CCCCCCCCCCC[P+](c3ccc(F)cc3)(c3ccc(F)cc3)c3ccc(F)cc3)c(O)c2C(O)=C2C(=O)[C@]3(O)C(O)=C(C(N)=O)C(=O)[C@@H](N(C)C)[C@@H]3[C@@H](O)[C@@H]21. The molecule has 0 radical (unpaired) electrons. The molecule has 0 heterocycles. The van der Waals surface area contributed by atoms with Crippen LogP contribution in [0.5, 0.6) is 5.75 Å². The number of aromatic hydroxyl groups is 1. The average molecular weight is 957 g/mol. The van der Waals surface area contributed by atoms with Gasteiger partial charge in [-0.05, 0) is 124 Å². The number of ketones is 2. The smallest absolute Gasteiger partial charge is 0.255 e. The lowest BCUT2D eigenvalue weighted by atomic mass is 9.54. The molecule has 2 amide bonds. The minimum atomic E-state index is -3.03. The number of phenolic OH excluding ortho intramolecular Hbond substituents is 1. The Balaban J connectivity index is 0.924. The van der Waals surface area contributed by atoms with E-state index in [1.54, 1.807) is 49.4 Å². The van der Waals surface area contributed by atoms with Crippen LogP contribution in [0.25, 0.3) is 5.76 Å². The van der Waals surface area contributed by atoms with Crippen molar-refractivity contribution in [1.29, 1.82) is 0 Å². The molecule has 12 nitrogen and oxygen atoms in total. The van der Waals surface area contributed by atoms with Crippen molar-refractivity contribution in [2.24, 2.45) is 17.6 Å². The Hall–Kier alpha value is -5.86. The van der Waals surface area contributed by atoms with Crippen molar-refractivity contribution in [2.45, 2.75) is 94.8 Å². The Morgan fingerprint density at radius 3 is 1.68 bits per heavy atom. The number of aliphatic hydroxyl groups excluding tert-OH is 3. The molecule has 6 atom stereocenters. The number of benzene rings is 4. The number of amides is 2. The Kier molecular flexibility index (Phi) is 15.0. The summed E-state index contributed by atoms with van der Waals surface area (Å²) in [5.74, 6) is -11.5. The van der Waals surface area contributed by atoms with E-state index in [1.807, 2.05) is 0 Å². The number of rotatable bonds is 18. The quantitative estimate of drug-likeness (QED) is 0.0242. The van der Waals surface area contributed by atoms with Gasteiger partial charge in [-0.25, -0.2) is 13.2 Å². The number of Topliss-reactive ketones (excluding diaryl/α,β-unsaturated/α-hetero) is 2. The summed E-state index contributed by atoms with van der Waals surface area (Å²) in [4.78, 5) is 54.4. The molecule has 1 saturated carbocycles. The number of nitrogens with one attached hydrogen (secondary N) is 1. The number of nitrogens with zero attached hydrogens (tertiary/aromatic N) is 1. The highest BCUT2D eigenvalue weighted by Gasteiger charge is 2.68. The van der Waals surface area contributed by atoms with Crippen molar-refractivity contribution in [3.8, 4) is 5.75 Å². The molecule has 360 valence electrons. The molecule has 16 heteroatoms. The van der Waals surface area contributed by atoms with Crippen LogP contribution in [0.3, 0.4) is 0 Å². The van der Waals surface area contributed by atoms with Crippen molar-refractivity contribution in [3.05, 3.63) is 130 Å². The summed E-state index contributed by atoms with van der Waals surface area (Å²) in [6.07, 6.45) is 7.16. The van der Waals surface area contributed by atoms with Crippen LogP contribution in [0.2, 0.25) is 0 Å². The maximum atomic E-state index is 14.3. The topological polar surface area (TPSA) is 211 Å². The van der Waals surface area contributed by atoms with Crippen molar-refractivity contribution in [3.63, 3.8) is 0 Å². The third kappa shape index (κ3) is 9.09. The third-order valence-corrected chi connectivity index (χ3v) is 18.6. The molecule has 4 aromatic rings. The van der Waals surface area contributed by atoms with Gasteiger partial charge in [0.25, 0.3) is 5.91 Å². The highest BCUT2D eigenvalue weighted by molar-refractivity contribution is 7.95. The number of unbranched alkanes of at least 4 members (excludes halogenated alkanes) is 8. The number of hydrogen-bond acceptors (Lipinski definition) is 10. The summed E-state index contributed by atoms with van der Waals surface area (Å²) in [7, 11) is 0.495. The summed E-state index contributed by atoms with van der Waals surface area (Å²) in [5.41, 5.74) is 0.899. The van der Waals surface area contributed by atoms with Crippen LogP contribution in [0.1, 0.15) is 88.2 Å². The van der Waals surface area contributed by atoms with Crippen LogP contribution in [0.15, 0.2) is 102 Å². The first-order valence-corrected chi connectivity index (χ1v) is 25.0. The van der Waals surface area contributed by atoms with Gasteiger partial charge in [-0.2, -0.15) is 0 Å². The summed E-state index contributed by atoms with van der Waals surface area (Å²) >= 11 is 0. The van der Waals surface area contributed by atoms with Crippen molar-refractivity contribution in [1.82, 2.24) is 4.90 Å². The second-order valence-corrected chi connectivity index (χ2v) is 22.0. The van der Waals surface area contributed by atoms with Crippen molar-refractivity contribution >= 4 is 58.0 Å². The van der Waals surface area contributed by atoms with E-state index in [0.717, 1.165) is 73.4 Å². The summed E-state index contributed by atoms with van der Waals surface area (Å²) < 4.78 is 42.3. The first-order chi connectivity index (χ1) is 32.4. The molecule has 0 aromatic heterocycles. The fraction of sp³-hybridized carbons (Fsp3) is 0.385. The lowest BCUT2D eigenvalue weighted by Crippen LogP contribution is -2.70. The van der Waals surface area contributed by atoms with Crippen molar-refractivity contribution in [2.75, 3.05) is 25.6 Å². The van der Waals surface area contributed by atoms with Crippen LogP contribution in [0.4, 0.5) is 18.9 Å². The molecule has 1 fully saturated rings. The van der Waals surface area contributed by atoms with Gasteiger partial charge in [-0.1, -0.05) is 51.5 Å². The van der Waals surface area contributed by atoms with Gasteiger partial charge >= 0.3 is 0 Å². The minimum absolute atomic E-state index is 0.0472. The molecule has 8 N–H and O–H groups in total. The monoisotopic (exact) mass is 956 g/mol. The largest absolute Gasteiger partial charge is 0.508 e. The first-order valence-electron chi connectivity index (χ1n) is 23.0. The Morgan fingerprint density at radius 2 is 1.21 bits per heavy atom. The minimum Gasteiger partial charge on any atom is -0.508 e. The van der Waals surface area contributed by atoms with Gasteiger partial charge in [0.05, 0.1) is 35.5 Å². The fourth-order valence-corrected chi connectivity index (χ4v) is 15.1. The standard InChI is InChI=1S/C52H57F3N3O9P/c1-29-36-26-27-37(45(60)40(36)46(61)41-39(29)47(62)43-44(58(2)3)48(63)42(51(56)66)50(65)52(43,67)49(41)64)57-38(59)13-11-9-7-5-4-6-8-10-12-28-68(33-20-14-30(53)15-21-33,34-22-16-31(54)17-23-34)35-24-18-32(55)19-25-35/h14-27,29,39,43-44,47,62,67H,4-13,28H2,1-3H3,(H5-,56,57,59,60,61,63,64,65,66)/p+1/t29-,39+,43+,44-,47-,52-/m0/s1. The lowest BCUT2D eigenvalue weighted by Gasteiger charge is -2.53. The van der Waals surface area contributed by atoms with Gasteiger partial charge in [0.2, 0.25) is 11.7 Å². The van der Waals surface area contributed by atoms with E-state index in [0.29, 0.717) is 12.0 Å². The lowest BCUT2D eigenvalue weighted by molar-refractivity contribution is -0.169. The number of anilines is 1. The van der Waals surface area contributed by atoms with E-state index >= 15 is 0 Å². The van der Waals surface area contributed by atoms with E-state index in [4.69, 9.17) is 5.73 Å². The number of hydrogen-bond donors (Lipinski definition) is 7. The number of aliphatic hydroxyl groups is 4. The average Bonchev–Trinajstić information content (AvgIpc) is 3.29. The Bertz CT molecular complexity index is 2530. The van der Waals surface area contributed by atoms with Crippen molar-refractivity contribution < 1.29 is 57.9 Å². The zero-order valence-electron chi connectivity index (χ0n) is 38.2. The van der Waals surface area contributed by atoms with Gasteiger partial charge in [0.1, 0.15) is 63.5 Å². The second kappa shape index (κ2) is 20.4. The number of likely N-dealkylation sites (N-methyl/N-ethyl adjacent to an activating group) is 1. The molecule has 0 spiro atoms. The third-order valence-electron chi connectivity index (χ3n) is 14.1. The van der Waals surface area contributed by atoms with Crippen LogP contribution >= 0.6 is 7.26 Å². The van der Waals surface area contributed by atoms with Gasteiger partial charge in [-0.3, -0.25) is 24.1 Å². The summed E-state index contributed by atoms with van der Waals surface area (Å²) in [6.45, 7) is 1.63. The maximum Gasteiger partial charge on any atom is 0.255 e. The zero-order chi connectivity index (χ0) is 49.2. The summed E-state index contributed by atoms with van der Waals surface area (Å²) in [5, 5.41) is 63.5. The van der Waals surface area contributed by atoms with E-state index < -0.39 is 94.6 Å². The molecule has 0 unspecified atom stereocenters. The Labute approximate surface area is 393 Å². The number of primary amides is 1. The highest BCUT2D eigenvalue weighted by Crippen LogP contribution is 2.58. The van der Waals surface area contributed by atoms with E-state index in [1.165, 1.54) is 61.5 Å². The number of carbonyl (C=O) groups excluding carboxylic acids is 4. The first kappa shape index (κ1) is 50.0. The van der Waals surface area contributed by atoms with Gasteiger partial charge in [-0.15, -0.1) is 0 Å². The number of carbonyl (C=O) groups is 4. The molecular formula is C52H58F3N3O9P+. The number of nitrogens with two attached hydrogens (primary N) is 1. The molecule has 0 aliphatic heterocycles. The molecule has 0 saturated heterocycles. The predicted molar refractivity (Wildman–Crippen MR) is 255 cm³/mol. The number of halogens is 3. The molecule has 7 rings (SSSR count). The van der Waals surface area contributed by atoms with Crippen LogP contribution in [-0.4, -0.2) is 91.8 Å².